The molecule has 2 rings (SSSR count). The lowest BCUT2D eigenvalue weighted by Crippen LogP contribution is -1.83. The first-order valence-corrected chi connectivity index (χ1v) is 6.13. The Hall–Kier alpha value is -0.670. The van der Waals surface area contributed by atoms with E-state index in [1.807, 2.05) is 6.07 Å². The summed E-state index contributed by atoms with van der Waals surface area (Å²) in [5, 5.41) is 0. The Kier molecular flexibility index (Phi) is 3.22. The average Bonchev–Trinajstić information content (AvgIpc) is 2.23. The molecule has 1 heterocycles. The normalized spacial score (nSPS) is 10.3. The van der Waals surface area contributed by atoms with Gasteiger partial charge in [0.05, 0.1) is 0 Å². The average molecular weight is 327 g/mol. The van der Waals surface area contributed by atoms with Crippen LogP contribution in [-0.2, 0) is 0 Å². The van der Waals surface area contributed by atoms with Crippen LogP contribution in [0.15, 0.2) is 45.6 Å². The van der Waals surface area contributed by atoms with Crippen LogP contribution < -0.4 is 0 Å². The third-order valence-electron chi connectivity index (χ3n) is 2.18. The van der Waals surface area contributed by atoms with Crippen molar-refractivity contribution < 1.29 is 0 Å². The molecule has 2 aromatic rings. The van der Waals surface area contributed by atoms with Crippen LogP contribution in [0.2, 0.25) is 0 Å². The smallest absolute Gasteiger partial charge is 0.106 e. The van der Waals surface area contributed by atoms with Crippen molar-refractivity contribution in [3.8, 4) is 11.1 Å². The van der Waals surface area contributed by atoms with Crippen LogP contribution >= 0.6 is 31.9 Å². The van der Waals surface area contributed by atoms with Gasteiger partial charge in [-0.3, -0.25) is 0 Å². The molecular weight excluding hydrogens is 318 g/mol. The van der Waals surface area contributed by atoms with Gasteiger partial charge in [0.15, 0.2) is 0 Å². The van der Waals surface area contributed by atoms with E-state index in [2.05, 4.69) is 68.0 Å². The van der Waals surface area contributed by atoms with Gasteiger partial charge in [0.1, 0.15) is 4.60 Å². The lowest BCUT2D eigenvalue weighted by atomic mass is 10.1. The van der Waals surface area contributed by atoms with Gasteiger partial charge in [-0.2, -0.15) is 0 Å². The molecule has 1 aromatic carbocycles. The number of rotatable bonds is 1. The van der Waals surface area contributed by atoms with Gasteiger partial charge in [-0.15, -0.1) is 0 Å². The van der Waals surface area contributed by atoms with Crippen molar-refractivity contribution in [2.75, 3.05) is 0 Å². The Morgan fingerprint density at radius 1 is 1.07 bits per heavy atom. The number of aromatic nitrogens is 1. The molecule has 0 saturated carbocycles. The van der Waals surface area contributed by atoms with Gasteiger partial charge in [-0.05, 0) is 50.4 Å². The summed E-state index contributed by atoms with van der Waals surface area (Å²) in [6.45, 7) is 2.08. The molecule has 0 atom stereocenters. The summed E-state index contributed by atoms with van der Waals surface area (Å²) < 4.78 is 1.86. The molecular formula is C12H9Br2N. The fourth-order valence-electron chi connectivity index (χ4n) is 1.37. The molecule has 0 aliphatic heterocycles. The molecule has 0 radical (unpaired) electrons. The van der Waals surface area contributed by atoms with E-state index < -0.39 is 0 Å². The molecule has 0 bridgehead atoms. The van der Waals surface area contributed by atoms with Gasteiger partial charge in [0, 0.05) is 16.2 Å². The molecule has 1 aromatic heterocycles. The Bertz CT molecular complexity index is 477. The minimum absolute atomic E-state index is 0.848. The number of benzene rings is 1. The molecule has 0 unspecified atom stereocenters. The Balaban J connectivity index is 2.53. The number of aryl methyl sites for hydroxylation is 1. The molecule has 0 fully saturated rings. The molecule has 0 spiro atoms. The number of halogens is 2. The summed E-state index contributed by atoms with van der Waals surface area (Å²) >= 11 is 6.88. The summed E-state index contributed by atoms with van der Waals surface area (Å²) in [6.07, 6.45) is 1.80. The van der Waals surface area contributed by atoms with Crippen LogP contribution in [0.1, 0.15) is 5.56 Å². The van der Waals surface area contributed by atoms with Crippen LogP contribution in [0.25, 0.3) is 11.1 Å². The van der Waals surface area contributed by atoms with Gasteiger partial charge in [0.25, 0.3) is 0 Å². The second-order valence-corrected chi connectivity index (χ2v) is 5.02. The van der Waals surface area contributed by atoms with E-state index in [1.165, 1.54) is 11.1 Å². The van der Waals surface area contributed by atoms with Gasteiger partial charge >= 0.3 is 0 Å². The van der Waals surface area contributed by atoms with E-state index in [0.29, 0.717) is 0 Å². The molecule has 0 aliphatic rings. The Morgan fingerprint density at radius 2 is 1.73 bits per heavy atom. The second kappa shape index (κ2) is 4.45. The number of hydrogen-bond acceptors (Lipinski definition) is 1. The van der Waals surface area contributed by atoms with Crippen molar-refractivity contribution in [2.45, 2.75) is 6.92 Å². The summed E-state index contributed by atoms with van der Waals surface area (Å²) in [4.78, 5) is 4.15. The van der Waals surface area contributed by atoms with Crippen LogP contribution in [0.3, 0.4) is 0 Å². The fourth-order valence-corrected chi connectivity index (χ4v) is 2.14. The van der Waals surface area contributed by atoms with Crippen LogP contribution in [0, 0.1) is 6.92 Å². The molecule has 0 aliphatic carbocycles. The van der Waals surface area contributed by atoms with Crippen LogP contribution in [0.4, 0.5) is 0 Å². The van der Waals surface area contributed by atoms with Crippen molar-refractivity contribution in [2.24, 2.45) is 0 Å². The highest BCUT2D eigenvalue weighted by Gasteiger charge is 2.03. The third-order valence-corrected chi connectivity index (χ3v) is 3.25. The van der Waals surface area contributed by atoms with Crippen molar-refractivity contribution in [3.05, 3.63) is 51.2 Å². The van der Waals surface area contributed by atoms with E-state index in [-0.39, 0.29) is 0 Å². The first kappa shape index (κ1) is 10.8. The lowest BCUT2D eigenvalue weighted by molar-refractivity contribution is 1.26. The number of nitrogens with zero attached hydrogens (tertiary/aromatic N) is 1. The minimum Gasteiger partial charge on any atom is -0.248 e. The molecule has 3 heteroatoms. The van der Waals surface area contributed by atoms with Crippen molar-refractivity contribution in [3.63, 3.8) is 0 Å². The maximum absolute atomic E-state index is 4.15. The summed E-state index contributed by atoms with van der Waals surface area (Å²) in [5.74, 6) is 0. The standard InChI is InChI=1S/C12H9Br2N/c1-8-2-4-9(5-3-8)10-6-12(14)15-7-11(10)13/h2-7H,1H3. The topological polar surface area (TPSA) is 12.9 Å². The number of pyridine rings is 1. The lowest BCUT2D eigenvalue weighted by Gasteiger charge is -2.05. The maximum Gasteiger partial charge on any atom is 0.106 e. The van der Waals surface area contributed by atoms with Crippen molar-refractivity contribution in [1.82, 2.24) is 4.98 Å². The highest BCUT2D eigenvalue weighted by molar-refractivity contribution is 9.11. The molecule has 15 heavy (non-hydrogen) atoms. The first-order chi connectivity index (χ1) is 7.16. The van der Waals surface area contributed by atoms with E-state index in [9.17, 15) is 0 Å². The largest absolute Gasteiger partial charge is 0.248 e. The van der Waals surface area contributed by atoms with Gasteiger partial charge in [0.2, 0.25) is 0 Å². The second-order valence-electron chi connectivity index (χ2n) is 3.35. The first-order valence-electron chi connectivity index (χ1n) is 4.55. The van der Waals surface area contributed by atoms with E-state index >= 15 is 0 Å². The zero-order chi connectivity index (χ0) is 10.8. The van der Waals surface area contributed by atoms with Crippen molar-refractivity contribution in [1.29, 1.82) is 0 Å². The van der Waals surface area contributed by atoms with E-state index in [4.69, 9.17) is 0 Å². The van der Waals surface area contributed by atoms with E-state index in [1.54, 1.807) is 6.20 Å². The highest BCUT2D eigenvalue weighted by atomic mass is 79.9. The maximum atomic E-state index is 4.15. The third kappa shape index (κ3) is 2.47. The molecule has 0 saturated heterocycles. The molecule has 0 N–H and O–H groups in total. The minimum atomic E-state index is 0.848. The van der Waals surface area contributed by atoms with Crippen LogP contribution in [-0.4, -0.2) is 4.98 Å². The number of hydrogen-bond donors (Lipinski definition) is 0. The van der Waals surface area contributed by atoms with Crippen LogP contribution in [0.5, 0.6) is 0 Å². The quantitative estimate of drug-likeness (QED) is 0.699. The van der Waals surface area contributed by atoms with Gasteiger partial charge < -0.3 is 0 Å². The van der Waals surface area contributed by atoms with Gasteiger partial charge in [-0.1, -0.05) is 29.8 Å². The fraction of sp³-hybridized carbons (Fsp3) is 0.0833. The molecule has 1 nitrogen and oxygen atoms in total. The summed E-state index contributed by atoms with van der Waals surface area (Å²) in [5.41, 5.74) is 3.61. The van der Waals surface area contributed by atoms with Gasteiger partial charge in [-0.25, -0.2) is 4.98 Å². The molecule has 76 valence electrons. The van der Waals surface area contributed by atoms with Crippen molar-refractivity contribution >= 4 is 31.9 Å². The predicted molar refractivity (Wildman–Crippen MR) is 69.8 cm³/mol. The zero-order valence-corrected chi connectivity index (χ0v) is 11.3. The highest BCUT2D eigenvalue weighted by Crippen LogP contribution is 2.29. The van der Waals surface area contributed by atoms with E-state index in [0.717, 1.165) is 14.6 Å². The Labute approximate surface area is 106 Å². The zero-order valence-electron chi connectivity index (χ0n) is 8.17. The monoisotopic (exact) mass is 325 g/mol. The molecule has 0 amide bonds. The predicted octanol–water partition coefficient (Wildman–Crippen LogP) is 4.58. The summed E-state index contributed by atoms with van der Waals surface area (Å²) in [7, 11) is 0. The Morgan fingerprint density at radius 3 is 2.40 bits per heavy atom. The summed E-state index contributed by atoms with van der Waals surface area (Å²) in [6, 6.07) is 10.4. The SMILES string of the molecule is Cc1ccc(-c2cc(Br)ncc2Br)cc1.